The quantitative estimate of drug-likeness (QED) is 0.0261. The van der Waals surface area contributed by atoms with Crippen LogP contribution in [0.1, 0.15) is 329 Å². The van der Waals surface area contributed by atoms with E-state index in [0.717, 1.165) is 128 Å². The predicted molar refractivity (Wildman–Crippen MR) is 362 cm³/mol. The fourth-order valence-electron chi connectivity index (χ4n) is 9.68. The molecule has 6 heteroatoms. The van der Waals surface area contributed by atoms with Gasteiger partial charge in [0.1, 0.15) is 13.2 Å². The third kappa shape index (κ3) is 68.5. The van der Waals surface area contributed by atoms with E-state index in [1.165, 1.54) is 161 Å². The molecule has 0 aliphatic heterocycles. The van der Waals surface area contributed by atoms with Gasteiger partial charge in [0.15, 0.2) is 6.10 Å². The van der Waals surface area contributed by atoms with E-state index in [-0.39, 0.29) is 31.1 Å². The highest BCUT2D eigenvalue weighted by Gasteiger charge is 2.19. The molecular formula is C77H130O6. The van der Waals surface area contributed by atoms with Gasteiger partial charge in [0, 0.05) is 19.3 Å². The fourth-order valence-corrected chi connectivity index (χ4v) is 9.68. The third-order valence-electron chi connectivity index (χ3n) is 14.9. The van der Waals surface area contributed by atoms with Crippen LogP contribution >= 0.6 is 0 Å². The van der Waals surface area contributed by atoms with Gasteiger partial charge in [0.25, 0.3) is 0 Å². The summed E-state index contributed by atoms with van der Waals surface area (Å²) in [7, 11) is 0. The number of carbonyl (C=O) groups excluding carboxylic acids is 3. The zero-order valence-electron chi connectivity index (χ0n) is 54.4. The molecule has 0 spiro atoms. The van der Waals surface area contributed by atoms with Gasteiger partial charge in [-0.1, -0.05) is 296 Å². The predicted octanol–water partition coefficient (Wildman–Crippen LogP) is 24.3. The van der Waals surface area contributed by atoms with E-state index in [9.17, 15) is 14.4 Å². The van der Waals surface area contributed by atoms with E-state index in [1.54, 1.807) is 0 Å². The Balaban J connectivity index is 4.41. The van der Waals surface area contributed by atoms with Crippen LogP contribution in [0.25, 0.3) is 0 Å². The molecule has 0 heterocycles. The number of rotatable bonds is 63. The minimum absolute atomic E-state index is 0.0883. The van der Waals surface area contributed by atoms with Crippen molar-refractivity contribution in [2.75, 3.05) is 13.2 Å². The van der Waals surface area contributed by atoms with E-state index in [2.05, 4.69) is 142 Å². The van der Waals surface area contributed by atoms with Crippen molar-refractivity contribution in [3.05, 3.63) is 122 Å². The lowest BCUT2D eigenvalue weighted by Gasteiger charge is -2.18. The normalized spacial score (nSPS) is 12.9. The molecule has 0 fully saturated rings. The van der Waals surface area contributed by atoms with E-state index in [4.69, 9.17) is 14.2 Å². The molecule has 0 aromatic carbocycles. The van der Waals surface area contributed by atoms with Crippen LogP contribution in [0.5, 0.6) is 0 Å². The second-order valence-corrected chi connectivity index (χ2v) is 23.1. The van der Waals surface area contributed by atoms with Crippen LogP contribution in [-0.2, 0) is 28.6 Å². The summed E-state index contributed by atoms with van der Waals surface area (Å²) in [5.41, 5.74) is 0. The summed E-state index contributed by atoms with van der Waals surface area (Å²) in [6.07, 6.45) is 97.7. The van der Waals surface area contributed by atoms with Crippen LogP contribution < -0.4 is 0 Å². The molecule has 0 saturated heterocycles. The van der Waals surface area contributed by atoms with E-state index in [0.29, 0.717) is 19.3 Å². The van der Waals surface area contributed by atoms with Crippen molar-refractivity contribution in [2.45, 2.75) is 335 Å². The molecule has 0 rings (SSSR count). The molecule has 6 nitrogen and oxygen atoms in total. The summed E-state index contributed by atoms with van der Waals surface area (Å²) in [6, 6.07) is 0. The molecule has 0 radical (unpaired) electrons. The Hall–Kier alpha value is -4.19. The summed E-state index contributed by atoms with van der Waals surface area (Å²) in [6.45, 7) is 6.50. The number of allylic oxidation sites excluding steroid dienone is 20. The van der Waals surface area contributed by atoms with Gasteiger partial charge < -0.3 is 14.2 Å². The molecule has 1 atom stereocenters. The average Bonchev–Trinajstić information content (AvgIpc) is 3.49. The monoisotopic (exact) mass is 1150 g/mol. The van der Waals surface area contributed by atoms with Crippen molar-refractivity contribution >= 4 is 17.9 Å². The van der Waals surface area contributed by atoms with Crippen LogP contribution in [-0.4, -0.2) is 37.2 Å². The van der Waals surface area contributed by atoms with Crippen molar-refractivity contribution in [1.29, 1.82) is 0 Å². The Morgan fingerprint density at radius 2 is 0.470 bits per heavy atom. The van der Waals surface area contributed by atoms with Gasteiger partial charge in [-0.2, -0.15) is 0 Å². The maximum atomic E-state index is 13.0. The lowest BCUT2D eigenvalue weighted by atomic mass is 10.1. The number of hydrogen-bond acceptors (Lipinski definition) is 6. The van der Waals surface area contributed by atoms with Crippen LogP contribution in [0.15, 0.2) is 122 Å². The first-order valence-corrected chi connectivity index (χ1v) is 35.0. The largest absolute Gasteiger partial charge is 0.462 e. The molecule has 0 saturated carbocycles. The molecule has 1 unspecified atom stereocenters. The number of carbonyl (C=O) groups is 3. The Morgan fingerprint density at radius 1 is 0.253 bits per heavy atom. The molecular weight excluding hydrogens is 1020 g/mol. The van der Waals surface area contributed by atoms with Crippen molar-refractivity contribution in [2.24, 2.45) is 0 Å². The van der Waals surface area contributed by atoms with Crippen LogP contribution in [0, 0.1) is 0 Å². The smallest absolute Gasteiger partial charge is 0.306 e. The van der Waals surface area contributed by atoms with Crippen LogP contribution in [0.3, 0.4) is 0 Å². The molecule has 474 valence electrons. The molecule has 0 aliphatic rings. The van der Waals surface area contributed by atoms with Crippen molar-refractivity contribution in [1.82, 2.24) is 0 Å². The molecule has 0 bridgehead atoms. The summed E-state index contributed by atoms with van der Waals surface area (Å²) in [5.74, 6) is -0.898. The van der Waals surface area contributed by atoms with Gasteiger partial charge >= 0.3 is 17.9 Å². The Morgan fingerprint density at radius 3 is 0.759 bits per heavy atom. The minimum Gasteiger partial charge on any atom is -0.462 e. The molecule has 0 N–H and O–H groups in total. The van der Waals surface area contributed by atoms with E-state index >= 15 is 0 Å². The minimum atomic E-state index is -0.794. The molecule has 0 aromatic rings. The summed E-state index contributed by atoms with van der Waals surface area (Å²) < 4.78 is 17.0. The summed E-state index contributed by atoms with van der Waals surface area (Å²) >= 11 is 0. The first kappa shape index (κ1) is 78.8. The molecule has 0 aliphatic carbocycles. The average molecular weight is 1150 g/mol. The maximum Gasteiger partial charge on any atom is 0.306 e. The van der Waals surface area contributed by atoms with Gasteiger partial charge in [0.05, 0.1) is 0 Å². The second kappa shape index (κ2) is 70.3. The molecule has 0 aromatic heterocycles. The first-order valence-electron chi connectivity index (χ1n) is 35.0. The van der Waals surface area contributed by atoms with Gasteiger partial charge in [-0.25, -0.2) is 0 Å². The molecule has 0 amide bonds. The van der Waals surface area contributed by atoms with E-state index < -0.39 is 6.10 Å². The van der Waals surface area contributed by atoms with E-state index in [1.807, 2.05) is 0 Å². The maximum absolute atomic E-state index is 13.0. The SMILES string of the molecule is CC/C=C\C/C=C\C/C=C\C/C=C\C/C=C\CCCCCCCCCCCC(=O)OCC(COC(=O)CCCCCCCCC/C=C\C/C=C\CCCCC)OC(=O)CCCCCCCCCC/C=C\C/C=C\C/C=C\CCCCCCC. The van der Waals surface area contributed by atoms with Crippen LogP contribution in [0.4, 0.5) is 0 Å². The van der Waals surface area contributed by atoms with Gasteiger partial charge in [0.2, 0.25) is 0 Å². The summed E-state index contributed by atoms with van der Waals surface area (Å²) in [4.78, 5) is 38.5. The van der Waals surface area contributed by atoms with Gasteiger partial charge in [-0.15, -0.1) is 0 Å². The number of hydrogen-bond donors (Lipinski definition) is 0. The lowest BCUT2D eigenvalue weighted by Crippen LogP contribution is -2.30. The highest BCUT2D eigenvalue weighted by molar-refractivity contribution is 5.71. The third-order valence-corrected chi connectivity index (χ3v) is 14.9. The molecule has 83 heavy (non-hydrogen) atoms. The Bertz CT molecular complexity index is 1700. The van der Waals surface area contributed by atoms with Crippen molar-refractivity contribution in [3.63, 3.8) is 0 Å². The van der Waals surface area contributed by atoms with Gasteiger partial charge in [-0.05, 0) is 135 Å². The standard InChI is InChI=1S/C77H130O6/c1-4-7-10-13-16-19-22-25-28-31-33-35-37-38-40-41-43-46-49-52-55-58-61-64-67-70-76(79)82-73-74(72-81-75(78)69-66-63-60-57-54-51-48-45-30-27-24-21-18-15-12-9-6-3)83-77(80)71-68-65-62-59-56-53-50-47-44-42-39-36-34-32-29-26-23-20-17-14-11-8-5-2/h7,10,16,18-19,21,23,25-28,30,32-35,38-40,42,74H,4-6,8-9,11-15,17,20,22,24,29,31,36-37,41,43-73H2,1-3H3/b10-7-,19-16-,21-18-,26-23-,28-25-,30-27-,34-32-,35-33-,40-38-,42-39-. The highest BCUT2D eigenvalue weighted by atomic mass is 16.6. The number of unbranched alkanes of at least 4 members (excludes halogenated alkanes) is 32. The first-order chi connectivity index (χ1) is 41.0. The second-order valence-electron chi connectivity index (χ2n) is 23.1. The Labute approximate surface area is 513 Å². The zero-order valence-corrected chi connectivity index (χ0v) is 54.4. The number of ether oxygens (including phenoxy) is 3. The topological polar surface area (TPSA) is 78.9 Å². The summed E-state index contributed by atoms with van der Waals surface area (Å²) in [5, 5.41) is 0. The Kier molecular flexibility index (Phi) is 66.7. The fraction of sp³-hybridized carbons (Fsp3) is 0.701. The van der Waals surface area contributed by atoms with Crippen LogP contribution in [0.2, 0.25) is 0 Å². The number of esters is 3. The lowest BCUT2D eigenvalue weighted by molar-refractivity contribution is -0.167. The van der Waals surface area contributed by atoms with Crippen molar-refractivity contribution in [3.8, 4) is 0 Å². The highest BCUT2D eigenvalue weighted by Crippen LogP contribution is 2.16. The zero-order chi connectivity index (χ0) is 59.9. The van der Waals surface area contributed by atoms with Gasteiger partial charge in [-0.3, -0.25) is 14.4 Å². The van der Waals surface area contributed by atoms with Crippen molar-refractivity contribution < 1.29 is 28.6 Å².